The van der Waals surface area contributed by atoms with Gasteiger partial charge in [-0.25, -0.2) is 4.39 Å². The van der Waals surface area contributed by atoms with Crippen LogP contribution in [-0.2, 0) is 4.79 Å². The molecule has 220 valence electrons. The van der Waals surface area contributed by atoms with Crippen LogP contribution in [0.2, 0.25) is 5.02 Å². The highest BCUT2D eigenvalue weighted by Crippen LogP contribution is 2.37. The number of fused-ring (bicyclic) bond motifs is 2. The van der Waals surface area contributed by atoms with E-state index in [4.69, 9.17) is 21.3 Å². The van der Waals surface area contributed by atoms with Crippen LogP contribution in [0.3, 0.4) is 0 Å². The molecule has 0 spiro atoms. The van der Waals surface area contributed by atoms with Crippen molar-refractivity contribution in [1.82, 2.24) is 29.7 Å². The lowest BCUT2D eigenvalue weighted by atomic mass is 10.0. The molecule has 0 unspecified atom stereocenters. The molecule has 4 aromatic rings. The Kier molecular flexibility index (Phi) is 8.06. The molecule has 2 saturated heterocycles. The summed E-state index contributed by atoms with van der Waals surface area (Å²) in [6.07, 6.45) is 8.21. The fraction of sp³-hybridized carbons (Fsp3) is 0.355. The molecule has 2 fully saturated rings. The van der Waals surface area contributed by atoms with Crippen LogP contribution in [0.25, 0.3) is 32.9 Å². The molecule has 1 aromatic carbocycles. The molecule has 10 nitrogen and oxygen atoms in total. The first-order chi connectivity index (χ1) is 20.9. The van der Waals surface area contributed by atoms with Gasteiger partial charge in [0.05, 0.1) is 23.9 Å². The van der Waals surface area contributed by atoms with E-state index in [1.165, 1.54) is 6.08 Å². The third-order valence-electron chi connectivity index (χ3n) is 8.27. The maximum absolute atomic E-state index is 16.5. The number of nitrogens with zero attached hydrogens (tertiary/aromatic N) is 8. The number of halogens is 2. The standard InChI is InChI=1S/C31H30ClFN8O2/c1-3-25(42)41-13-12-40(17-20(41)9-10-34)30-23-16-36-28(22-15-35-14-19-6-4-8-24(32)26(19)22)27(33)29(23)37-31(38-30)43-18-21-7-5-11-39(21)2/h3-4,6,8,14-16,20-21H,1,5,7,9,11-13,17-18H2,2H3/t20-,21-/m0/s1. The molecule has 43 heavy (non-hydrogen) atoms. The molecule has 5 heterocycles. The van der Waals surface area contributed by atoms with E-state index < -0.39 is 11.9 Å². The summed E-state index contributed by atoms with van der Waals surface area (Å²) in [5.74, 6) is -0.454. The predicted octanol–water partition coefficient (Wildman–Crippen LogP) is 4.62. The van der Waals surface area contributed by atoms with Crippen molar-refractivity contribution >= 4 is 45.0 Å². The molecule has 0 aliphatic carbocycles. The number of anilines is 1. The SMILES string of the molecule is C=CC(=O)N1CCN(c2nc(OC[C@@H]3CCCN3C)nc3c(F)c(-c4cncc5cccc(Cl)c45)ncc23)C[C@@H]1CC#N. The van der Waals surface area contributed by atoms with Crippen LogP contribution >= 0.6 is 11.6 Å². The highest BCUT2D eigenvalue weighted by atomic mass is 35.5. The Bertz CT molecular complexity index is 1760. The van der Waals surface area contributed by atoms with Gasteiger partial charge in [-0.2, -0.15) is 15.2 Å². The highest BCUT2D eigenvalue weighted by molar-refractivity contribution is 6.36. The summed E-state index contributed by atoms with van der Waals surface area (Å²) in [7, 11) is 2.05. The number of carbonyl (C=O) groups excluding carboxylic acids is 1. The number of benzene rings is 1. The van der Waals surface area contributed by atoms with Gasteiger partial charge in [0.1, 0.15) is 23.6 Å². The van der Waals surface area contributed by atoms with Gasteiger partial charge < -0.3 is 19.4 Å². The molecule has 1 amide bonds. The third-order valence-corrected chi connectivity index (χ3v) is 8.59. The Morgan fingerprint density at radius 1 is 1.23 bits per heavy atom. The van der Waals surface area contributed by atoms with Crippen LogP contribution < -0.4 is 9.64 Å². The van der Waals surface area contributed by atoms with Gasteiger partial charge in [0.25, 0.3) is 0 Å². The zero-order valence-electron chi connectivity index (χ0n) is 23.7. The van der Waals surface area contributed by atoms with E-state index in [1.807, 2.05) is 24.1 Å². The van der Waals surface area contributed by atoms with Gasteiger partial charge in [0.2, 0.25) is 5.91 Å². The van der Waals surface area contributed by atoms with Gasteiger partial charge in [-0.15, -0.1) is 0 Å². The normalized spacial score (nSPS) is 19.1. The average Bonchev–Trinajstić information content (AvgIpc) is 3.44. The molecule has 0 radical (unpaired) electrons. The monoisotopic (exact) mass is 600 g/mol. The van der Waals surface area contributed by atoms with E-state index in [-0.39, 0.29) is 35.6 Å². The lowest BCUT2D eigenvalue weighted by Gasteiger charge is -2.41. The predicted molar refractivity (Wildman–Crippen MR) is 162 cm³/mol. The second kappa shape index (κ2) is 12.1. The zero-order valence-corrected chi connectivity index (χ0v) is 24.5. The minimum Gasteiger partial charge on any atom is -0.462 e. The number of aromatic nitrogens is 4. The quantitative estimate of drug-likeness (QED) is 0.280. The number of hydrogen-bond donors (Lipinski definition) is 0. The van der Waals surface area contributed by atoms with Gasteiger partial charge in [0.15, 0.2) is 5.82 Å². The second-order valence-corrected chi connectivity index (χ2v) is 11.2. The summed E-state index contributed by atoms with van der Waals surface area (Å²) in [5, 5.41) is 11.7. The summed E-state index contributed by atoms with van der Waals surface area (Å²) in [5.41, 5.74) is 0.562. The molecule has 2 aliphatic rings. The molecule has 0 saturated carbocycles. The van der Waals surface area contributed by atoms with Crippen molar-refractivity contribution in [3.63, 3.8) is 0 Å². The average molecular weight is 601 g/mol. The summed E-state index contributed by atoms with van der Waals surface area (Å²) in [4.78, 5) is 36.4. The van der Waals surface area contributed by atoms with E-state index in [9.17, 15) is 10.1 Å². The lowest BCUT2D eigenvalue weighted by Crippen LogP contribution is -2.55. The van der Waals surface area contributed by atoms with Gasteiger partial charge >= 0.3 is 6.01 Å². The molecule has 12 heteroatoms. The van der Waals surface area contributed by atoms with Crippen molar-refractivity contribution in [1.29, 1.82) is 5.26 Å². The number of hydrogen-bond acceptors (Lipinski definition) is 9. The maximum atomic E-state index is 16.5. The van der Waals surface area contributed by atoms with Crippen LogP contribution in [0, 0.1) is 17.1 Å². The van der Waals surface area contributed by atoms with Crippen LogP contribution in [0.5, 0.6) is 6.01 Å². The van der Waals surface area contributed by atoms with Crippen molar-refractivity contribution in [2.75, 3.05) is 44.7 Å². The number of ether oxygens (including phenoxy) is 1. The largest absolute Gasteiger partial charge is 0.462 e. The number of likely N-dealkylation sites (N-methyl/N-ethyl adjacent to an activating group) is 1. The smallest absolute Gasteiger partial charge is 0.319 e. The third kappa shape index (κ3) is 5.44. The molecular formula is C31H30ClFN8O2. The molecule has 0 N–H and O–H groups in total. The van der Waals surface area contributed by atoms with E-state index in [0.29, 0.717) is 53.4 Å². The van der Waals surface area contributed by atoms with Crippen LogP contribution in [-0.4, -0.2) is 87.6 Å². The Morgan fingerprint density at radius 2 is 2.09 bits per heavy atom. The first-order valence-electron chi connectivity index (χ1n) is 14.2. The van der Waals surface area contributed by atoms with E-state index >= 15 is 4.39 Å². The molecule has 3 aromatic heterocycles. The zero-order chi connectivity index (χ0) is 30.1. The fourth-order valence-corrected chi connectivity index (χ4v) is 6.26. The molecule has 0 bridgehead atoms. The van der Waals surface area contributed by atoms with Crippen molar-refractivity contribution in [2.45, 2.75) is 31.3 Å². The summed E-state index contributed by atoms with van der Waals surface area (Å²) < 4.78 is 22.6. The Balaban J connectivity index is 1.46. The lowest BCUT2D eigenvalue weighted by molar-refractivity contribution is -0.128. The Hall–Kier alpha value is -4.40. The number of carbonyl (C=O) groups is 1. The number of likely N-dealkylation sites (tertiary alicyclic amines) is 1. The Labute approximate surface area is 253 Å². The molecule has 2 atom stereocenters. The molecular weight excluding hydrogens is 571 g/mol. The van der Waals surface area contributed by atoms with Crippen molar-refractivity contribution < 1.29 is 13.9 Å². The molecule has 6 rings (SSSR count). The van der Waals surface area contributed by atoms with Crippen molar-refractivity contribution in [3.8, 4) is 23.3 Å². The minimum absolute atomic E-state index is 0.0503. The van der Waals surface area contributed by atoms with E-state index in [1.54, 1.807) is 29.6 Å². The molecule has 2 aliphatic heterocycles. The first-order valence-corrected chi connectivity index (χ1v) is 14.5. The fourth-order valence-electron chi connectivity index (χ4n) is 5.98. The van der Waals surface area contributed by atoms with E-state index in [0.717, 1.165) is 24.8 Å². The van der Waals surface area contributed by atoms with Gasteiger partial charge in [-0.1, -0.05) is 30.3 Å². The van der Waals surface area contributed by atoms with Gasteiger partial charge in [-0.05, 0) is 38.6 Å². The number of rotatable bonds is 7. The number of pyridine rings is 2. The van der Waals surface area contributed by atoms with Crippen LogP contribution in [0.15, 0.2) is 49.4 Å². The van der Waals surface area contributed by atoms with E-state index in [2.05, 4.69) is 32.5 Å². The number of piperazine rings is 1. The number of amides is 1. The minimum atomic E-state index is -0.646. The Morgan fingerprint density at radius 3 is 2.86 bits per heavy atom. The van der Waals surface area contributed by atoms with Crippen molar-refractivity contribution in [3.05, 3.63) is 60.3 Å². The first kappa shape index (κ1) is 28.7. The van der Waals surface area contributed by atoms with Gasteiger partial charge in [0, 0.05) is 65.6 Å². The maximum Gasteiger partial charge on any atom is 0.319 e. The van der Waals surface area contributed by atoms with Crippen LogP contribution in [0.1, 0.15) is 19.3 Å². The second-order valence-electron chi connectivity index (χ2n) is 10.8. The summed E-state index contributed by atoms with van der Waals surface area (Å²) in [6.45, 7) is 6.01. The summed E-state index contributed by atoms with van der Waals surface area (Å²) in [6, 6.07) is 7.44. The van der Waals surface area contributed by atoms with Crippen molar-refractivity contribution in [2.24, 2.45) is 0 Å². The topological polar surface area (TPSA) is 111 Å². The number of nitriles is 1. The van der Waals surface area contributed by atoms with Gasteiger partial charge in [-0.3, -0.25) is 14.8 Å². The van der Waals surface area contributed by atoms with Crippen LogP contribution in [0.4, 0.5) is 10.2 Å². The summed E-state index contributed by atoms with van der Waals surface area (Å²) >= 11 is 6.54. The highest BCUT2D eigenvalue weighted by Gasteiger charge is 2.32.